The number of hydrogen-bond acceptors (Lipinski definition) is 0. The van der Waals surface area contributed by atoms with E-state index in [0.29, 0.717) is 0 Å². The van der Waals surface area contributed by atoms with Gasteiger partial charge < -0.3 is 0 Å². The van der Waals surface area contributed by atoms with Crippen LogP contribution in [0.25, 0.3) is 0 Å². The van der Waals surface area contributed by atoms with Gasteiger partial charge in [-0.15, -0.1) is 11.6 Å². The van der Waals surface area contributed by atoms with Crippen molar-refractivity contribution in [1.82, 2.24) is 0 Å². The molecule has 1 unspecified atom stereocenters. The summed E-state index contributed by atoms with van der Waals surface area (Å²) in [6, 6.07) is 0. The summed E-state index contributed by atoms with van der Waals surface area (Å²) < 4.78 is -22.2. The fraction of sp³-hybridized carbons (Fsp3) is 1.00. The molecule has 0 aliphatic carbocycles. The van der Waals surface area contributed by atoms with Gasteiger partial charge in [0.05, 0.1) is 0 Å². The molecule has 0 N–H and O–H groups in total. The Hall–Kier alpha value is 5.51. The fourth-order valence-electron chi connectivity index (χ4n) is 1.34. The SMILES string of the molecule is ClC(C(Cl)(Cl)Cl)C(Cl)(Cl)C(Cl)(Cl)C(Cl)(Cl)C(Cl)(Cl)C(Cl)(Cl)C(Cl)(Cl)C(Cl)(Cl)Cl. The van der Waals surface area contributed by atoms with Crippen LogP contribution in [0.4, 0.5) is 0 Å². The standard InChI is InChI=1S/C9HCl19/c10-1(3(13,14)15)2(11,12)4(16,17)5(18,19)6(20,21)7(22,23)8(24,25)9(26,27)28/h1H. The zero-order valence-corrected chi connectivity index (χ0v) is 26.1. The van der Waals surface area contributed by atoms with Gasteiger partial charge in [0.25, 0.3) is 0 Å². The third-order valence-electron chi connectivity index (χ3n) is 2.96. The Balaban J connectivity index is 6.64. The molecule has 0 saturated heterocycles. The van der Waals surface area contributed by atoms with E-state index < -0.39 is 39.0 Å². The van der Waals surface area contributed by atoms with Crippen LogP contribution in [0, 0.1) is 0 Å². The van der Waals surface area contributed by atoms with Crippen molar-refractivity contribution in [2.45, 2.75) is 39.0 Å². The molecule has 0 saturated carbocycles. The van der Waals surface area contributed by atoms with Gasteiger partial charge in [-0.3, -0.25) is 0 Å². The van der Waals surface area contributed by atoms with Gasteiger partial charge in [-0.1, -0.05) is 209 Å². The maximum Gasteiger partial charge on any atom is 0.226 e. The highest BCUT2D eigenvalue weighted by molar-refractivity contribution is 6.83. The average Bonchev–Trinajstić information content (AvgIpc) is 2.42. The van der Waals surface area contributed by atoms with Crippen molar-refractivity contribution in [2.24, 2.45) is 0 Å². The van der Waals surface area contributed by atoms with E-state index >= 15 is 0 Å². The Labute approximate surface area is 255 Å². The van der Waals surface area contributed by atoms with Crippen molar-refractivity contribution < 1.29 is 0 Å². The molecular weight excluding hydrogens is 782 g/mol. The van der Waals surface area contributed by atoms with E-state index in [4.69, 9.17) is 220 Å². The summed E-state index contributed by atoms with van der Waals surface area (Å²) in [5, 5.41) is -1.87. The predicted molar refractivity (Wildman–Crippen MR) is 137 cm³/mol. The van der Waals surface area contributed by atoms with Gasteiger partial charge in [0.2, 0.25) is 11.9 Å². The highest BCUT2D eigenvalue weighted by Crippen LogP contribution is 2.72. The molecule has 1 atom stereocenters. The molecule has 0 aromatic heterocycles. The Morgan fingerprint density at radius 2 is 0.607 bits per heavy atom. The highest BCUT2D eigenvalue weighted by Gasteiger charge is 2.80. The smallest absolute Gasteiger partial charge is 0.115 e. The van der Waals surface area contributed by atoms with Crippen LogP contribution in [-0.4, -0.2) is 39.0 Å². The first kappa shape index (κ1) is 33.5. The summed E-state index contributed by atoms with van der Waals surface area (Å²) in [5.74, 6) is 0. The van der Waals surface area contributed by atoms with E-state index in [9.17, 15) is 0 Å². The zero-order valence-electron chi connectivity index (χ0n) is 11.8. The van der Waals surface area contributed by atoms with Gasteiger partial charge in [-0.25, -0.2) is 0 Å². The van der Waals surface area contributed by atoms with E-state index in [1.807, 2.05) is 0 Å². The van der Waals surface area contributed by atoms with Gasteiger partial charge in [0.15, 0.2) is 21.7 Å². The summed E-state index contributed by atoms with van der Waals surface area (Å²) in [5.41, 5.74) is 0. The lowest BCUT2D eigenvalue weighted by Crippen LogP contribution is -2.69. The maximum absolute atomic E-state index is 6.20. The molecule has 170 valence electrons. The second-order valence-corrected chi connectivity index (χ2v) is 18.0. The molecule has 0 radical (unpaired) electrons. The molecule has 0 spiro atoms. The van der Waals surface area contributed by atoms with Crippen LogP contribution < -0.4 is 0 Å². The number of halogens is 19. The average molecular weight is 783 g/mol. The monoisotopic (exact) mass is 773 g/mol. The largest absolute Gasteiger partial charge is 0.226 e. The molecule has 0 rings (SSSR count). The molecule has 0 amide bonds. The summed E-state index contributed by atoms with van der Waals surface area (Å²) in [4.78, 5) is 0. The molecule has 28 heavy (non-hydrogen) atoms. The zero-order chi connectivity index (χ0) is 23.6. The quantitative estimate of drug-likeness (QED) is 0.236. The topological polar surface area (TPSA) is 0 Å². The van der Waals surface area contributed by atoms with Crippen molar-refractivity contribution in [3.63, 3.8) is 0 Å². The summed E-state index contributed by atoms with van der Waals surface area (Å²) in [7, 11) is 0. The lowest BCUT2D eigenvalue weighted by Gasteiger charge is -2.53. The molecular formula is C9HCl19. The fourth-order valence-corrected chi connectivity index (χ4v) is 7.05. The number of rotatable bonds is 6. The molecule has 0 bridgehead atoms. The molecule has 0 aliphatic rings. The summed E-state index contributed by atoms with van der Waals surface area (Å²) in [6.07, 6.45) is 0. The van der Waals surface area contributed by atoms with Crippen molar-refractivity contribution in [3.05, 3.63) is 0 Å². The third-order valence-corrected chi connectivity index (χ3v) is 14.9. The van der Waals surface area contributed by atoms with Crippen LogP contribution in [0.15, 0.2) is 0 Å². The molecule has 0 aliphatic heterocycles. The minimum atomic E-state index is -3.00. The Kier molecular flexibility index (Phi) is 12.1. The first-order valence-electron chi connectivity index (χ1n) is 5.70. The Bertz CT molecular complexity index is 561. The molecule has 19 heteroatoms. The lowest BCUT2D eigenvalue weighted by molar-refractivity contribution is 0.463. The van der Waals surface area contributed by atoms with Crippen LogP contribution in [0.5, 0.6) is 0 Å². The summed E-state index contributed by atoms with van der Waals surface area (Å²) >= 11 is 114. The first-order chi connectivity index (χ1) is 11.7. The minimum absolute atomic E-state index is 1.87. The van der Waals surface area contributed by atoms with Crippen molar-refractivity contribution >= 4 is 220 Å². The van der Waals surface area contributed by atoms with E-state index in [-0.39, 0.29) is 0 Å². The van der Waals surface area contributed by atoms with Crippen molar-refractivity contribution in [3.8, 4) is 0 Å². The van der Waals surface area contributed by atoms with Gasteiger partial charge in [0.1, 0.15) is 5.38 Å². The van der Waals surface area contributed by atoms with E-state index in [1.54, 1.807) is 0 Å². The first-order valence-corrected chi connectivity index (χ1v) is 12.9. The van der Waals surface area contributed by atoms with E-state index in [2.05, 4.69) is 0 Å². The van der Waals surface area contributed by atoms with E-state index in [0.717, 1.165) is 0 Å². The van der Waals surface area contributed by atoms with Gasteiger partial charge in [-0.05, 0) is 0 Å². The van der Waals surface area contributed by atoms with Crippen LogP contribution in [-0.2, 0) is 0 Å². The number of alkyl halides is 19. The summed E-state index contributed by atoms with van der Waals surface area (Å²) in [6.45, 7) is 0. The molecule has 0 nitrogen and oxygen atoms in total. The molecule has 0 aromatic rings. The van der Waals surface area contributed by atoms with Crippen LogP contribution in [0.2, 0.25) is 0 Å². The van der Waals surface area contributed by atoms with Crippen LogP contribution in [0.1, 0.15) is 0 Å². The highest BCUT2D eigenvalue weighted by atomic mass is 35.6. The van der Waals surface area contributed by atoms with E-state index in [1.165, 1.54) is 0 Å². The Morgan fingerprint density at radius 1 is 0.357 bits per heavy atom. The van der Waals surface area contributed by atoms with Crippen molar-refractivity contribution in [2.75, 3.05) is 0 Å². The molecule has 0 heterocycles. The van der Waals surface area contributed by atoms with Crippen molar-refractivity contribution in [1.29, 1.82) is 0 Å². The second kappa shape index (κ2) is 10.1. The molecule has 0 aromatic carbocycles. The minimum Gasteiger partial charge on any atom is -0.115 e. The van der Waals surface area contributed by atoms with Gasteiger partial charge in [0, 0.05) is 0 Å². The third kappa shape index (κ3) is 5.74. The van der Waals surface area contributed by atoms with Gasteiger partial charge in [-0.2, -0.15) is 0 Å². The van der Waals surface area contributed by atoms with Crippen LogP contribution in [0.3, 0.4) is 0 Å². The maximum atomic E-state index is 6.20. The predicted octanol–water partition coefficient (Wildman–Crippen LogP) is 11.4. The molecule has 0 fully saturated rings. The normalized spacial score (nSPS) is 17.7. The lowest BCUT2D eigenvalue weighted by atomic mass is 10.0. The van der Waals surface area contributed by atoms with Crippen LogP contribution >= 0.6 is 220 Å². The second-order valence-electron chi connectivity index (χ2n) is 4.90. The van der Waals surface area contributed by atoms with Gasteiger partial charge >= 0.3 is 0 Å². The number of hydrogen-bond donors (Lipinski definition) is 0. The Morgan fingerprint density at radius 3 is 0.857 bits per heavy atom.